The van der Waals surface area contributed by atoms with Crippen molar-refractivity contribution < 1.29 is 14.6 Å². The lowest BCUT2D eigenvalue weighted by atomic mass is 9.99. The summed E-state index contributed by atoms with van der Waals surface area (Å²) in [4.78, 5) is 13.5. The number of ether oxygens (including phenoxy) is 1. The molecule has 0 aliphatic carbocycles. The Hall–Kier alpha value is -1.39. The Labute approximate surface area is 126 Å². The van der Waals surface area contributed by atoms with Crippen LogP contribution >= 0.6 is 0 Å². The maximum Gasteiger partial charge on any atom is 0.310 e. The Balaban J connectivity index is 2.06. The van der Waals surface area contributed by atoms with Crippen molar-refractivity contribution in [1.82, 2.24) is 4.90 Å². The fraction of sp³-hybridized carbons (Fsp3) is 0.588. The van der Waals surface area contributed by atoms with Crippen molar-refractivity contribution in [2.75, 3.05) is 19.8 Å². The summed E-state index contributed by atoms with van der Waals surface area (Å²) >= 11 is 0. The van der Waals surface area contributed by atoms with Crippen molar-refractivity contribution >= 4 is 5.97 Å². The van der Waals surface area contributed by atoms with Crippen LogP contribution in [0.15, 0.2) is 24.3 Å². The number of nitrogens with zero attached hydrogens (tertiary/aromatic N) is 1. The Bertz CT molecular complexity index is 469. The SMILES string of the molecule is CCN(Cc1ccc(C(C)C)cc1)C1COCC1C(=O)O. The fourth-order valence-electron chi connectivity index (χ4n) is 2.84. The Morgan fingerprint density at radius 2 is 2.00 bits per heavy atom. The number of likely N-dealkylation sites (N-methyl/N-ethyl adjacent to an activating group) is 1. The quantitative estimate of drug-likeness (QED) is 0.875. The van der Waals surface area contributed by atoms with Gasteiger partial charge in [0.2, 0.25) is 0 Å². The second-order valence-corrected chi connectivity index (χ2v) is 6.01. The molecular weight excluding hydrogens is 266 g/mol. The molecule has 2 unspecified atom stereocenters. The van der Waals surface area contributed by atoms with Crippen LogP contribution in [0.25, 0.3) is 0 Å². The molecule has 2 atom stereocenters. The molecule has 0 saturated carbocycles. The standard InChI is InChI=1S/C17H25NO3/c1-4-18(16-11-21-10-15(16)17(19)20)9-13-5-7-14(8-6-13)12(2)3/h5-8,12,15-16H,4,9-11H2,1-3H3,(H,19,20). The van der Waals surface area contributed by atoms with Crippen LogP contribution in [0.5, 0.6) is 0 Å². The van der Waals surface area contributed by atoms with Crippen LogP contribution in [-0.2, 0) is 16.1 Å². The number of aliphatic carboxylic acids is 1. The molecule has 1 heterocycles. The zero-order valence-corrected chi connectivity index (χ0v) is 13.1. The van der Waals surface area contributed by atoms with Crippen LogP contribution in [0.4, 0.5) is 0 Å². The number of carbonyl (C=O) groups is 1. The molecule has 4 heteroatoms. The van der Waals surface area contributed by atoms with Gasteiger partial charge < -0.3 is 9.84 Å². The predicted octanol–water partition coefficient (Wildman–Crippen LogP) is 2.73. The lowest BCUT2D eigenvalue weighted by molar-refractivity contribution is -0.143. The molecule has 1 aliphatic heterocycles. The molecule has 4 nitrogen and oxygen atoms in total. The first-order valence-electron chi connectivity index (χ1n) is 7.66. The summed E-state index contributed by atoms with van der Waals surface area (Å²) in [6, 6.07) is 8.58. The van der Waals surface area contributed by atoms with Crippen molar-refractivity contribution in [3.05, 3.63) is 35.4 Å². The molecule has 2 rings (SSSR count). The van der Waals surface area contributed by atoms with Crippen LogP contribution in [0, 0.1) is 5.92 Å². The Kier molecular flexibility index (Phi) is 5.37. The van der Waals surface area contributed by atoms with E-state index in [1.807, 2.05) is 0 Å². The highest BCUT2D eigenvalue weighted by Crippen LogP contribution is 2.22. The molecule has 1 saturated heterocycles. The second-order valence-electron chi connectivity index (χ2n) is 6.01. The number of carboxylic acids is 1. The fourth-order valence-corrected chi connectivity index (χ4v) is 2.84. The van der Waals surface area contributed by atoms with Gasteiger partial charge in [-0.2, -0.15) is 0 Å². The average Bonchev–Trinajstić information content (AvgIpc) is 2.94. The minimum absolute atomic E-state index is 0.0303. The van der Waals surface area contributed by atoms with E-state index in [-0.39, 0.29) is 6.04 Å². The zero-order chi connectivity index (χ0) is 15.4. The zero-order valence-electron chi connectivity index (χ0n) is 13.1. The first-order valence-corrected chi connectivity index (χ1v) is 7.66. The minimum atomic E-state index is -0.758. The molecule has 0 radical (unpaired) electrons. The summed E-state index contributed by atoms with van der Waals surface area (Å²) in [7, 11) is 0. The first-order chi connectivity index (χ1) is 10.0. The molecule has 0 amide bonds. The molecule has 1 fully saturated rings. The van der Waals surface area contributed by atoms with Crippen molar-refractivity contribution in [1.29, 1.82) is 0 Å². The third-order valence-corrected chi connectivity index (χ3v) is 4.27. The van der Waals surface area contributed by atoms with E-state index in [1.54, 1.807) is 0 Å². The van der Waals surface area contributed by atoms with Crippen LogP contribution in [0.3, 0.4) is 0 Å². The molecular formula is C17H25NO3. The molecule has 1 aliphatic rings. The third kappa shape index (κ3) is 3.83. The number of benzene rings is 1. The molecule has 116 valence electrons. The van der Waals surface area contributed by atoms with Gasteiger partial charge in [0.25, 0.3) is 0 Å². The predicted molar refractivity (Wildman–Crippen MR) is 82.3 cm³/mol. The molecule has 21 heavy (non-hydrogen) atoms. The van der Waals surface area contributed by atoms with E-state index in [0.29, 0.717) is 19.1 Å². The van der Waals surface area contributed by atoms with Gasteiger partial charge >= 0.3 is 5.97 Å². The van der Waals surface area contributed by atoms with Gasteiger partial charge in [-0.15, -0.1) is 0 Å². The highest BCUT2D eigenvalue weighted by atomic mass is 16.5. The highest BCUT2D eigenvalue weighted by Gasteiger charge is 2.37. The smallest absolute Gasteiger partial charge is 0.310 e. The van der Waals surface area contributed by atoms with Crippen LogP contribution in [-0.4, -0.2) is 41.8 Å². The molecule has 1 N–H and O–H groups in total. The Morgan fingerprint density at radius 1 is 1.33 bits per heavy atom. The second kappa shape index (κ2) is 7.05. The summed E-state index contributed by atoms with van der Waals surface area (Å²) in [6.45, 7) is 8.86. The average molecular weight is 291 g/mol. The van der Waals surface area contributed by atoms with Gasteiger partial charge in [0.15, 0.2) is 0 Å². The molecule has 1 aromatic carbocycles. The van der Waals surface area contributed by atoms with Gasteiger partial charge in [-0.05, 0) is 23.6 Å². The normalized spacial score (nSPS) is 22.1. The summed E-state index contributed by atoms with van der Waals surface area (Å²) in [5.41, 5.74) is 2.55. The van der Waals surface area contributed by atoms with Crippen molar-refractivity contribution in [3.63, 3.8) is 0 Å². The molecule has 0 aromatic heterocycles. The maximum atomic E-state index is 11.3. The third-order valence-electron chi connectivity index (χ3n) is 4.27. The van der Waals surface area contributed by atoms with E-state index in [9.17, 15) is 9.90 Å². The number of rotatable bonds is 6. The maximum absolute atomic E-state index is 11.3. The van der Waals surface area contributed by atoms with E-state index in [0.717, 1.165) is 13.1 Å². The van der Waals surface area contributed by atoms with Crippen LogP contribution in [0.2, 0.25) is 0 Å². The summed E-state index contributed by atoms with van der Waals surface area (Å²) in [6.07, 6.45) is 0. The van der Waals surface area contributed by atoms with Crippen LogP contribution < -0.4 is 0 Å². The van der Waals surface area contributed by atoms with E-state index < -0.39 is 11.9 Å². The van der Waals surface area contributed by atoms with Crippen molar-refractivity contribution in [2.45, 2.75) is 39.3 Å². The largest absolute Gasteiger partial charge is 0.481 e. The van der Waals surface area contributed by atoms with Crippen LogP contribution in [0.1, 0.15) is 37.8 Å². The Morgan fingerprint density at radius 3 is 2.52 bits per heavy atom. The summed E-state index contributed by atoms with van der Waals surface area (Å²) in [5.74, 6) is -0.646. The van der Waals surface area contributed by atoms with E-state index in [1.165, 1.54) is 11.1 Å². The van der Waals surface area contributed by atoms with Gasteiger partial charge in [-0.1, -0.05) is 45.0 Å². The molecule has 0 bridgehead atoms. The van der Waals surface area contributed by atoms with Crippen molar-refractivity contribution in [3.8, 4) is 0 Å². The topological polar surface area (TPSA) is 49.8 Å². The first kappa shape index (κ1) is 16.0. The van der Waals surface area contributed by atoms with Crippen molar-refractivity contribution in [2.24, 2.45) is 5.92 Å². The van der Waals surface area contributed by atoms with E-state index in [2.05, 4.69) is 49.9 Å². The lowest BCUT2D eigenvalue weighted by Gasteiger charge is -2.29. The lowest BCUT2D eigenvalue weighted by Crippen LogP contribution is -2.42. The molecule has 0 spiro atoms. The summed E-state index contributed by atoms with van der Waals surface area (Å²) < 4.78 is 5.38. The van der Waals surface area contributed by atoms with E-state index >= 15 is 0 Å². The monoisotopic (exact) mass is 291 g/mol. The van der Waals surface area contributed by atoms with Gasteiger partial charge in [-0.3, -0.25) is 9.69 Å². The number of carboxylic acid groups (broad SMARTS) is 1. The highest BCUT2D eigenvalue weighted by molar-refractivity contribution is 5.71. The van der Waals surface area contributed by atoms with Gasteiger partial charge in [-0.25, -0.2) is 0 Å². The van der Waals surface area contributed by atoms with Gasteiger partial charge in [0.1, 0.15) is 0 Å². The summed E-state index contributed by atoms with van der Waals surface area (Å²) in [5, 5.41) is 9.28. The van der Waals surface area contributed by atoms with Gasteiger partial charge in [0, 0.05) is 12.6 Å². The van der Waals surface area contributed by atoms with E-state index in [4.69, 9.17) is 4.74 Å². The minimum Gasteiger partial charge on any atom is -0.481 e. The number of hydrogen-bond donors (Lipinski definition) is 1. The number of hydrogen-bond acceptors (Lipinski definition) is 3. The van der Waals surface area contributed by atoms with Gasteiger partial charge in [0.05, 0.1) is 19.1 Å². The molecule has 1 aromatic rings.